The Morgan fingerprint density at radius 2 is 2.33 bits per heavy atom. The van der Waals surface area contributed by atoms with Gasteiger partial charge < -0.3 is 9.84 Å². The van der Waals surface area contributed by atoms with Crippen LogP contribution in [-0.4, -0.2) is 18.1 Å². The van der Waals surface area contributed by atoms with Crippen molar-refractivity contribution < 1.29 is 9.32 Å². The first kappa shape index (κ1) is 8.77. The largest absolute Gasteiger partial charge is 0.360 e. The van der Waals surface area contributed by atoms with Crippen LogP contribution in [0.15, 0.2) is 10.6 Å². The highest BCUT2D eigenvalue weighted by molar-refractivity contribution is 5.91. The lowest BCUT2D eigenvalue weighted by Gasteiger charge is -1.93. The Balaban J connectivity index is 2.84. The molecule has 0 aliphatic heterocycles. The van der Waals surface area contributed by atoms with Gasteiger partial charge in [-0.25, -0.2) is 0 Å². The molecule has 0 aliphatic carbocycles. The van der Waals surface area contributed by atoms with E-state index in [4.69, 9.17) is 4.52 Å². The van der Waals surface area contributed by atoms with Crippen molar-refractivity contribution in [3.8, 4) is 0 Å². The maximum Gasteiger partial charge on any atom is 0.273 e. The molecule has 0 radical (unpaired) electrons. The quantitative estimate of drug-likeness (QED) is 0.720. The molecule has 0 unspecified atom stereocenters. The number of hydrogen-bond acceptors (Lipinski definition) is 3. The Kier molecular flexibility index (Phi) is 2.47. The van der Waals surface area contributed by atoms with Crippen molar-refractivity contribution >= 4 is 5.91 Å². The predicted molar refractivity (Wildman–Crippen MR) is 44.0 cm³/mol. The first-order valence-electron chi connectivity index (χ1n) is 3.84. The van der Waals surface area contributed by atoms with Crippen LogP contribution in [0.25, 0.3) is 0 Å². The molecule has 1 rings (SSSR count). The van der Waals surface area contributed by atoms with E-state index in [-0.39, 0.29) is 11.8 Å². The van der Waals surface area contributed by atoms with Gasteiger partial charge in [0, 0.05) is 19.0 Å². The summed E-state index contributed by atoms with van der Waals surface area (Å²) in [6.07, 6.45) is 0. The molecule has 0 spiro atoms. The van der Waals surface area contributed by atoms with Gasteiger partial charge in [-0.2, -0.15) is 0 Å². The molecule has 0 saturated heterocycles. The van der Waals surface area contributed by atoms with Crippen LogP contribution < -0.4 is 5.32 Å². The zero-order valence-corrected chi connectivity index (χ0v) is 7.42. The lowest BCUT2D eigenvalue weighted by molar-refractivity contribution is 0.0954. The molecule has 66 valence electrons. The normalized spacial score (nSPS) is 10.3. The number of nitrogens with one attached hydrogen (secondary N) is 1. The third-order valence-corrected chi connectivity index (χ3v) is 1.56. The Morgan fingerprint density at radius 1 is 1.67 bits per heavy atom. The summed E-state index contributed by atoms with van der Waals surface area (Å²) in [5.74, 6) is 0.773. The lowest BCUT2D eigenvalue weighted by Crippen LogP contribution is -2.17. The molecule has 1 aromatic heterocycles. The van der Waals surface area contributed by atoms with Crippen molar-refractivity contribution in [1.82, 2.24) is 10.5 Å². The van der Waals surface area contributed by atoms with Crippen molar-refractivity contribution in [3.05, 3.63) is 17.5 Å². The predicted octanol–water partition coefficient (Wildman–Crippen LogP) is 1.16. The molecular weight excluding hydrogens is 156 g/mol. The number of carbonyl (C=O) groups excluding carboxylic acids is 1. The molecule has 0 saturated carbocycles. The maximum atomic E-state index is 11.0. The van der Waals surface area contributed by atoms with Gasteiger partial charge in [-0.3, -0.25) is 4.79 Å². The number of hydrogen-bond donors (Lipinski definition) is 1. The third kappa shape index (κ3) is 1.64. The van der Waals surface area contributed by atoms with E-state index in [0.717, 1.165) is 5.76 Å². The van der Waals surface area contributed by atoms with Crippen LogP contribution in [0.3, 0.4) is 0 Å². The second kappa shape index (κ2) is 3.38. The van der Waals surface area contributed by atoms with Gasteiger partial charge in [-0.15, -0.1) is 0 Å². The number of carbonyl (C=O) groups is 1. The van der Waals surface area contributed by atoms with Gasteiger partial charge in [-0.1, -0.05) is 19.0 Å². The molecule has 0 fully saturated rings. The number of amides is 1. The van der Waals surface area contributed by atoms with E-state index in [1.54, 1.807) is 13.1 Å². The summed E-state index contributed by atoms with van der Waals surface area (Å²) < 4.78 is 4.94. The summed E-state index contributed by atoms with van der Waals surface area (Å²) in [6.45, 7) is 3.96. The number of aromatic nitrogens is 1. The molecular formula is C8H12N2O2. The van der Waals surface area contributed by atoms with Gasteiger partial charge in [0.05, 0.1) is 0 Å². The minimum atomic E-state index is -0.217. The van der Waals surface area contributed by atoms with E-state index in [9.17, 15) is 4.79 Å². The second-order valence-electron chi connectivity index (χ2n) is 2.85. The minimum Gasteiger partial charge on any atom is -0.360 e. The van der Waals surface area contributed by atoms with E-state index in [1.807, 2.05) is 13.8 Å². The average molecular weight is 168 g/mol. The fourth-order valence-corrected chi connectivity index (χ4v) is 0.796. The van der Waals surface area contributed by atoms with Crippen LogP contribution in [0.1, 0.15) is 36.0 Å². The van der Waals surface area contributed by atoms with Crippen LogP contribution >= 0.6 is 0 Å². The Bertz CT molecular complexity index is 278. The molecule has 0 aliphatic rings. The van der Waals surface area contributed by atoms with Crippen LogP contribution in [0.2, 0.25) is 0 Å². The van der Waals surface area contributed by atoms with Gasteiger partial charge in [0.15, 0.2) is 5.69 Å². The van der Waals surface area contributed by atoms with Crippen molar-refractivity contribution in [3.63, 3.8) is 0 Å². The van der Waals surface area contributed by atoms with E-state index < -0.39 is 0 Å². The summed E-state index contributed by atoms with van der Waals surface area (Å²) in [6, 6.07) is 1.66. The number of rotatable bonds is 2. The molecule has 1 aromatic rings. The second-order valence-corrected chi connectivity index (χ2v) is 2.85. The molecule has 0 bridgehead atoms. The molecule has 1 heterocycles. The van der Waals surface area contributed by atoms with Gasteiger partial charge in [0.25, 0.3) is 5.91 Å². The highest BCUT2D eigenvalue weighted by Gasteiger charge is 2.12. The van der Waals surface area contributed by atoms with E-state index in [0.29, 0.717) is 5.69 Å². The summed E-state index contributed by atoms with van der Waals surface area (Å²) in [5.41, 5.74) is 0.334. The van der Waals surface area contributed by atoms with Crippen LogP contribution in [0.4, 0.5) is 0 Å². The van der Waals surface area contributed by atoms with Gasteiger partial charge in [0.2, 0.25) is 0 Å². The first-order valence-corrected chi connectivity index (χ1v) is 3.84. The molecule has 1 N–H and O–H groups in total. The zero-order chi connectivity index (χ0) is 9.14. The molecule has 0 aromatic carbocycles. The highest BCUT2D eigenvalue weighted by Crippen LogP contribution is 2.14. The van der Waals surface area contributed by atoms with Gasteiger partial charge >= 0.3 is 0 Å². The maximum absolute atomic E-state index is 11.0. The van der Waals surface area contributed by atoms with Gasteiger partial charge in [-0.05, 0) is 0 Å². The van der Waals surface area contributed by atoms with Crippen molar-refractivity contribution in [2.75, 3.05) is 7.05 Å². The Labute approximate surface area is 70.9 Å². The van der Waals surface area contributed by atoms with E-state index in [1.165, 1.54) is 0 Å². The fraction of sp³-hybridized carbons (Fsp3) is 0.500. The van der Waals surface area contributed by atoms with Crippen LogP contribution in [-0.2, 0) is 0 Å². The molecule has 12 heavy (non-hydrogen) atoms. The topological polar surface area (TPSA) is 55.1 Å². The SMILES string of the molecule is CNC(=O)c1cc(C(C)C)on1. The highest BCUT2D eigenvalue weighted by atomic mass is 16.5. The standard InChI is InChI=1S/C8H12N2O2/c1-5(2)7-4-6(10-12-7)8(11)9-3/h4-5H,1-3H3,(H,9,11). The fourth-order valence-electron chi connectivity index (χ4n) is 0.796. The minimum absolute atomic E-state index is 0.217. The summed E-state index contributed by atoms with van der Waals surface area (Å²) in [4.78, 5) is 11.0. The van der Waals surface area contributed by atoms with Crippen LogP contribution in [0, 0.1) is 0 Å². The molecule has 4 heteroatoms. The number of nitrogens with zero attached hydrogens (tertiary/aromatic N) is 1. The Hall–Kier alpha value is -1.32. The monoisotopic (exact) mass is 168 g/mol. The summed E-state index contributed by atoms with van der Waals surface area (Å²) >= 11 is 0. The van der Waals surface area contributed by atoms with Gasteiger partial charge in [0.1, 0.15) is 5.76 Å². The third-order valence-electron chi connectivity index (χ3n) is 1.56. The van der Waals surface area contributed by atoms with Crippen molar-refractivity contribution in [1.29, 1.82) is 0 Å². The zero-order valence-electron chi connectivity index (χ0n) is 7.42. The average Bonchev–Trinajstić information content (AvgIpc) is 2.51. The summed E-state index contributed by atoms with van der Waals surface area (Å²) in [7, 11) is 1.56. The first-order chi connectivity index (χ1) is 5.65. The molecule has 4 nitrogen and oxygen atoms in total. The molecule has 1 amide bonds. The van der Waals surface area contributed by atoms with E-state index >= 15 is 0 Å². The Morgan fingerprint density at radius 3 is 2.75 bits per heavy atom. The lowest BCUT2D eigenvalue weighted by atomic mass is 10.1. The van der Waals surface area contributed by atoms with Crippen molar-refractivity contribution in [2.45, 2.75) is 19.8 Å². The summed E-state index contributed by atoms with van der Waals surface area (Å²) in [5, 5.41) is 6.09. The van der Waals surface area contributed by atoms with E-state index in [2.05, 4.69) is 10.5 Å². The van der Waals surface area contributed by atoms with Crippen molar-refractivity contribution in [2.24, 2.45) is 0 Å². The molecule has 0 atom stereocenters. The smallest absolute Gasteiger partial charge is 0.273 e. The van der Waals surface area contributed by atoms with Crippen LogP contribution in [0.5, 0.6) is 0 Å².